The summed E-state index contributed by atoms with van der Waals surface area (Å²) in [5, 5.41) is 7.61. The van der Waals surface area contributed by atoms with Crippen molar-refractivity contribution in [3.05, 3.63) is 41.9 Å². The second-order valence-electron chi connectivity index (χ2n) is 5.82. The average Bonchev–Trinajstić information content (AvgIpc) is 3.06. The summed E-state index contributed by atoms with van der Waals surface area (Å²) in [5.74, 6) is 0.762. The van der Waals surface area contributed by atoms with Gasteiger partial charge in [-0.1, -0.05) is 6.92 Å². The first-order chi connectivity index (χ1) is 11.7. The molecule has 0 radical (unpaired) electrons. The highest BCUT2D eigenvalue weighted by Crippen LogP contribution is 2.21. The number of carbonyl (C=O) groups excluding carboxylic acids is 1. The summed E-state index contributed by atoms with van der Waals surface area (Å²) in [7, 11) is 1.93. The van der Waals surface area contributed by atoms with Gasteiger partial charge in [-0.2, -0.15) is 5.10 Å². The molecule has 7 nitrogen and oxygen atoms in total. The van der Waals surface area contributed by atoms with Gasteiger partial charge in [0.1, 0.15) is 5.82 Å². The zero-order chi connectivity index (χ0) is 16.9. The number of ether oxygens (including phenoxy) is 1. The van der Waals surface area contributed by atoms with Crippen LogP contribution >= 0.6 is 0 Å². The van der Waals surface area contributed by atoms with Gasteiger partial charge in [-0.15, -0.1) is 0 Å². The molecule has 3 rings (SSSR count). The quantitative estimate of drug-likeness (QED) is 0.906. The van der Waals surface area contributed by atoms with Crippen molar-refractivity contribution < 1.29 is 9.53 Å². The molecule has 1 unspecified atom stereocenters. The monoisotopic (exact) mass is 329 g/mol. The lowest BCUT2D eigenvalue weighted by atomic mass is 10.1. The fourth-order valence-corrected chi connectivity index (χ4v) is 2.84. The van der Waals surface area contributed by atoms with Crippen LogP contribution in [0.2, 0.25) is 0 Å². The van der Waals surface area contributed by atoms with Gasteiger partial charge in [-0.25, -0.2) is 4.98 Å². The molecular weight excluding hydrogens is 306 g/mol. The number of aromatic nitrogens is 3. The molecule has 0 saturated carbocycles. The molecule has 1 aliphatic rings. The van der Waals surface area contributed by atoms with E-state index in [4.69, 9.17) is 4.74 Å². The predicted molar refractivity (Wildman–Crippen MR) is 90.8 cm³/mol. The molecule has 2 aromatic heterocycles. The van der Waals surface area contributed by atoms with Crippen LogP contribution in [0.1, 0.15) is 35.4 Å². The lowest BCUT2D eigenvalue weighted by Crippen LogP contribution is -2.40. The van der Waals surface area contributed by atoms with Gasteiger partial charge in [0.15, 0.2) is 0 Å². The molecule has 0 spiro atoms. The van der Waals surface area contributed by atoms with E-state index >= 15 is 0 Å². The summed E-state index contributed by atoms with van der Waals surface area (Å²) in [6.45, 7) is 4.58. The van der Waals surface area contributed by atoms with E-state index in [1.165, 1.54) is 0 Å². The first-order valence-electron chi connectivity index (χ1n) is 8.26. The minimum atomic E-state index is 0.0102. The van der Waals surface area contributed by atoms with E-state index in [0.29, 0.717) is 31.9 Å². The summed E-state index contributed by atoms with van der Waals surface area (Å²) in [4.78, 5) is 18.6. The van der Waals surface area contributed by atoms with Crippen LogP contribution in [-0.4, -0.2) is 51.9 Å². The van der Waals surface area contributed by atoms with Crippen molar-refractivity contribution in [3.63, 3.8) is 0 Å². The third kappa shape index (κ3) is 3.56. The molecule has 7 heteroatoms. The number of hydrogen-bond donors (Lipinski definition) is 1. The number of aryl methyl sites for hydroxylation is 1. The van der Waals surface area contributed by atoms with E-state index in [2.05, 4.69) is 22.3 Å². The first-order valence-corrected chi connectivity index (χ1v) is 8.26. The maximum atomic E-state index is 12.4. The Kier molecular flexibility index (Phi) is 5.10. The zero-order valence-electron chi connectivity index (χ0n) is 14.1. The summed E-state index contributed by atoms with van der Waals surface area (Å²) >= 11 is 0. The standard InChI is InChI=1S/C17H23N5O2/c1-3-14(15-6-7-19-21(15)2)20-16-5-4-13(12-18-16)17(23)22-8-10-24-11-9-22/h4-7,12,14H,3,8-11H2,1-2H3,(H,18,20). The molecular formula is C17H23N5O2. The van der Waals surface area contributed by atoms with Crippen LogP contribution in [-0.2, 0) is 11.8 Å². The van der Waals surface area contributed by atoms with Crippen LogP contribution in [0.25, 0.3) is 0 Å². The third-order valence-corrected chi connectivity index (χ3v) is 4.25. The van der Waals surface area contributed by atoms with Crippen LogP contribution in [0.5, 0.6) is 0 Å². The van der Waals surface area contributed by atoms with E-state index in [-0.39, 0.29) is 11.9 Å². The van der Waals surface area contributed by atoms with E-state index < -0.39 is 0 Å². The Balaban J connectivity index is 1.67. The van der Waals surface area contributed by atoms with E-state index in [0.717, 1.165) is 17.9 Å². The molecule has 1 saturated heterocycles. The van der Waals surface area contributed by atoms with E-state index in [1.807, 2.05) is 29.9 Å². The second-order valence-corrected chi connectivity index (χ2v) is 5.82. The summed E-state index contributed by atoms with van der Waals surface area (Å²) in [6.07, 6.45) is 4.34. The molecule has 128 valence electrons. The zero-order valence-corrected chi connectivity index (χ0v) is 14.1. The Labute approximate surface area is 141 Å². The highest BCUT2D eigenvalue weighted by Gasteiger charge is 2.19. The lowest BCUT2D eigenvalue weighted by Gasteiger charge is -2.26. The van der Waals surface area contributed by atoms with Crippen LogP contribution < -0.4 is 5.32 Å². The average molecular weight is 329 g/mol. The lowest BCUT2D eigenvalue weighted by molar-refractivity contribution is 0.0302. The predicted octanol–water partition coefficient (Wildman–Crippen LogP) is 1.85. The van der Waals surface area contributed by atoms with Crippen molar-refractivity contribution in [1.29, 1.82) is 0 Å². The molecule has 0 aliphatic carbocycles. The maximum absolute atomic E-state index is 12.4. The van der Waals surface area contributed by atoms with E-state index in [1.54, 1.807) is 17.3 Å². The molecule has 3 heterocycles. The highest BCUT2D eigenvalue weighted by molar-refractivity contribution is 5.94. The molecule has 0 aromatic carbocycles. The van der Waals surface area contributed by atoms with Crippen molar-refractivity contribution in [2.24, 2.45) is 7.05 Å². The fourth-order valence-electron chi connectivity index (χ4n) is 2.84. The van der Waals surface area contributed by atoms with Crippen molar-refractivity contribution in [3.8, 4) is 0 Å². The number of nitrogens with one attached hydrogen (secondary N) is 1. The topological polar surface area (TPSA) is 72.3 Å². The highest BCUT2D eigenvalue weighted by atomic mass is 16.5. The van der Waals surface area contributed by atoms with E-state index in [9.17, 15) is 4.79 Å². The van der Waals surface area contributed by atoms with Gasteiger partial charge in [0.2, 0.25) is 0 Å². The third-order valence-electron chi connectivity index (χ3n) is 4.25. The summed E-state index contributed by atoms with van der Waals surface area (Å²) < 4.78 is 7.14. The van der Waals surface area contributed by atoms with Gasteiger partial charge >= 0.3 is 0 Å². The number of amides is 1. The fraction of sp³-hybridized carbons (Fsp3) is 0.471. The molecule has 1 fully saturated rings. The minimum Gasteiger partial charge on any atom is -0.378 e. The molecule has 1 amide bonds. The molecule has 1 aliphatic heterocycles. The van der Waals surface area contributed by atoms with Gasteiger partial charge in [0.05, 0.1) is 30.5 Å². The van der Waals surface area contributed by atoms with Gasteiger partial charge in [-0.3, -0.25) is 9.48 Å². The summed E-state index contributed by atoms with van der Waals surface area (Å²) in [5.41, 5.74) is 1.71. The normalized spacial score (nSPS) is 16.0. The SMILES string of the molecule is CCC(Nc1ccc(C(=O)N2CCOCC2)cn1)c1ccnn1C. The Morgan fingerprint density at radius 3 is 2.71 bits per heavy atom. The van der Waals surface area contributed by atoms with Crippen LogP contribution in [0.15, 0.2) is 30.6 Å². The van der Waals surface area contributed by atoms with Gasteiger partial charge < -0.3 is 15.0 Å². The minimum absolute atomic E-state index is 0.0102. The Hall–Kier alpha value is -2.41. The smallest absolute Gasteiger partial charge is 0.255 e. The van der Waals surface area contributed by atoms with Crippen molar-refractivity contribution in [2.75, 3.05) is 31.6 Å². The second kappa shape index (κ2) is 7.44. The van der Waals surface area contributed by atoms with Crippen LogP contribution in [0.4, 0.5) is 5.82 Å². The van der Waals surface area contributed by atoms with Crippen molar-refractivity contribution in [1.82, 2.24) is 19.7 Å². The van der Waals surface area contributed by atoms with Gasteiger partial charge in [0.25, 0.3) is 5.91 Å². The molecule has 2 aromatic rings. The van der Waals surface area contributed by atoms with Crippen LogP contribution in [0.3, 0.4) is 0 Å². The largest absolute Gasteiger partial charge is 0.378 e. The molecule has 24 heavy (non-hydrogen) atoms. The van der Waals surface area contributed by atoms with Crippen LogP contribution in [0, 0.1) is 0 Å². The molecule has 1 atom stereocenters. The van der Waals surface area contributed by atoms with Gasteiger partial charge in [0, 0.05) is 32.5 Å². The maximum Gasteiger partial charge on any atom is 0.255 e. The number of hydrogen-bond acceptors (Lipinski definition) is 5. The number of rotatable bonds is 5. The van der Waals surface area contributed by atoms with Crippen molar-refractivity contribution in [2.45, 2.75) is 19.4 Å². The molecule has 1 N–H and O–H groups in total. The molecule has 0 bridgehead atoms. The Morgan fingerprint density at radius 1 is 1.33 bits per heavy atom. The Bertz CT molecular complexity index is 677. The Morgan fingerprint density at radius 2 is 2.12 bits per heavy atom. The number of nitrogens with zero attached hydrogens (tertiary/aromatic N) is 4. The first kappa shape index (κ1) is 16.4. The number of pyridine rings is 1. The van der Waals surface area contributed by atoms with Crippen molar-refractivity contribution >= 4 is 11.7 Å². The summed E-state index contributed by atoms with van der Waals surface area (Å²) in [6, 6.07) is 5.80. The van der Waals surface area contributed by atoms with Gasteiger partial charge in [-0.05, 0) is 24.6 Å². The number of carbonyl (C=O) groups is 1. The number of anilines is 1. The number of morpholine rings is 1.